The number of carbonyl (C=O) groups is 1. The number of carbonyl (C=O) groups excluding carboxylic acids is 1. The maximum absolute atomic E-state index is 10.8. The van der Waals surface area contributed by atoms with Gasteiger partial charge in [-0.2, -0.15) is 0 Å². The molecule has 0 bridgehead atoms. The number of rotatable bonds is 0. The Bertz CT molecular complexity index is 431. The summed E-state index contributed by atoms with van der Waals surface area (Å²) in [6.45, 7) is 1.98. The first-order valence-electron chi connectivity index (χ1n) is 3.47. The minimum Gasteiger partial charge on any atom is -0.267 e. The van der Waals surface area contributed by atoms with Crippen LogP contribution in [-0.2, 0) is 4.79 Å². The van der Waals surface area contributed by atoms with Crippen molar-refractivity contribution in [1.82, 2.24) is 0 Å². The summed E-state index contributed by atoms with van der Waals surface area (Å²) >= 11 is 0. The first-order chi connectivity index (χ1) is 5.27. The summed E-state index contributed by atoms with van der Waals surface area (Å²) in [7, 11) is 0. The van der Waals surface area contributed by atoms with E-state index < -0.39 is 0 Å². The molecule has 1 heterocycles. The van der Waals surface area contributed by atoms with Crippen molar-refractivity contribution >= 4 is 12.0 Å². The molecule has 0 aromatic heterocycles. The Labute approximate surface area is 63.9 Å². The number of benzene rings is 1. The first kappa shape index (κ1) is 6.28. The zero-order valence-electron chi connectivity index (χ0n) is 6.16. The van der Waals surface area contributed by atoms with Gasteiger partial charge in [-0.25, -0.2) is 4.99 Å². The van der Waals surface area contributed by atoms with Crippen molar-refractivity contribution in [3.8, 4) is 0 Å². The van der Waals surface area contributed by atoms with Gasteiger partial charge in [-0.05, 0) is 18.6 Å². The van der Waals surface area contributed by atoms with Crippen LogP contribution in [0.5, 0.6) is 0 Å². The van der Waals surface area contributed by atoms with Crippen molar-refractivity contribution in [3.05, 3.63) is 34.3 Å². The molecule has 2 rings (SSSR count). The molecule has 0 aliphatic carbocycles. The van der Waals surface area contributed by atoms with Crippen molar-refractivity contribution in [2.75, 3.05) is 0 Å². The highest BCUT2D eigenvalue weighted by molar-refractivity contribution is 6.06. The van der Waals surface area contributed by atoms with E-state index >= 15 is 0 Å². The molecule has 1 aromatic carbocycles. The highest BCUT2D eigenvalue weighted by atomic mass is 16.1. The zero-order chi connectivity index (χ0) is 7.84. The monoisotopic (exact) mass is 145 g/mol. The van der Waals surface area contributed by atoms with E-state index in [-0.39, 0.29) is 5.91 Å². The average Bonchev–Trinajstić information content (AvgIpc) is 2.31. The van der Waals surface area contributed by atoms with Crippen molar-refractivity contribution in [1.29, 1.82) is 0 Å². The summed E-state index contributed by atoms with van der Waals surface area (Å²) in [6, 6.07) is 5.73. The molecule has 1 aliphatic heterocycles. The first-order valence-corrected chi connectivity index (χ1v) is 3.47. The predicted molar refractivity (Wildman–Crippen MR) is 41.4 cm³/mol. The third-order valence-corrected chi connectivity index (χ3v) is 1.80. The Morgan fingerprint density at radius 3 is 2.91 bits per heavy atom. The molecule has 0 saturated carbocycles. The SMILES string of the molecule is Cc1cccc2c1=CC(=O)N=2. The fraction of sp³-hybridized carbons (Fsp3) is 0.111. The van der Waals surface area contributed by atoms with E-state index in [1.165, 1.54) is 0 Å². The number of amides is 1. The second kappa shape index (κ2) is 2.02. The third-order valence-electron chi connectivity index (χ3n) is 1.80. The molecule has 0 fully saturated rings. The minimum atomic E-state index is -0.144. The van der Waals surface area contributed by atoms with E-state index in [0.29, 0.717) is 0 Å². The standard InChI is InChI=1S/C9H7NO/c1-6-3-2-4-8-7(6)5-9(11)10-8/h2-5H,1H3. The van der Waals surface area contributed by atoms with E-state index in [2.05, 4.69) is 4.99 Å². The van der Waals surface area contributed by atoms with Crippen molar-refractivity contribution in [2.45, 2.75) is 6.92 Å². The van der Waals surface area contributed by atoms with Crippen LogP contribution in [0.25, 0.3) is 6.08 Å². The van der Waals surface area contributed by atoms with Gasteiger partial charge in [0.2, 0.25) is 0 Å². The molecular formula is C9H7NO. The smallest absolute Gasteiger partial charge is 0.267 e. The zero-order valence-corrected chi connectivity index (χ0v) is 6.16. The topological polar surface area (TPSA) is 29.4 Å². The normalized spacial score (nSPS) is 13.7. The average molecular weight is 145 g/mol. The van der Waals surface area contributed by atoms with Gasteiger partial charge in [-0.15, -0.1) is 0 Å². The van der Waals surface area contributed by atoms with Gasteiger partial charge < -0.3 is 0 Å². The third kappa shape index (κ3) is 0.871. The van der Waals surface area contributed by atoms with Crippen LogP contribution in [0.1, 0.15) is 5.56 Å². The van der Waals surface area contributed by atoms with Gasteiger partial charge in [0, 0.05) is 11.3 Å². The van der Waals surface area contributed by atoms with Crippen LogP contribution in [-0.4, -0.2) is 5.91 Å². The van der Waals surface area contributed by atoms with Crippen molar-refractivity contribution < 1.29 is 4.79 Å². The lowest BCUT2D eigenvalue weighted by Crippen LogP contribution is -2.23. The Balaban J connectivity index is 2.97. The van der Waals surface area contributed by atoms with Crippen LogP contribution in [0.2, 0.25) is 0 Å². The van der Waals surface area contributed by atoms with E-state index in [0.717, 1.165) is 16.1 Å². The predicted octanol–water partition coefficient (Wildman–Crippen LogP) is -0.0647. The lowest BCUT2D eigenvalue weighted by molar-refractivity contribution is -0.112. The molecule has 1 aliphatic rings. The Kier molecular flexibility index (Phi) is 1.15. The van der Waals surface area contributed by atoms with Gasteiger partial charge in [-0.3, -0.25) is 4.79 Å². The molecule has 0 unspecified atom stereocenters. The molecular weight excluding hydrogens is 138 g/mol. The molecule has 11 heavy (non-hydrogen) atoms. The number of hydrogen-bond donors (Lipinski definition) is 0. The summed E-state index contributed by atoms with van der Waals surface area (Å²) in [5.74, 6) is -0.144. The highest BCUT2D eigenvalue weighted by Crippen LogP contribution is 1.88. The maximum Gasteiger partial charge on any atom is 0.270 e. The van der Waals surface area contributed by atoms with Gasteiger partial charge in [0.05, 0.1) is 5.36 Å². The largest absolute Gasteiger partial charge is 0.270 e. The Hall–Kier alpha value is -1.44. The van der Waals surface area contributed by atoms with Crippen LogP contribution in [0.4, 0.5) is 0 Å². The maximum atomic E-state index is 10.8. The molecule has 2 heteroatoms. The van der Waals surface area contributed by atoms with Gasteiger partial charge >= 0.3 is 0 Å². The fourth-order valence-corrected chi connectivity index (χ4v) is 1.22. The summed E-state index contributed by atoms with van der Waals surface area (Å²) in [4.78, 5) is 14.6. The molecule has 0 spiro atoms. The van der Waals surface area contributed by atoms with Crippen LogP contribution in [0.15, 0.2) is 23.2 Å². The van der Waals surface area contributed by atoms with Gasteiger partial charge in [-0.1, -0.05) is 12.1 Å². The number of fused-ring (bicyclic) bond motifs is 1. The summed E-state index contributed by atoms with van der Waals surface area (Å²) in [5, 5.41) is 1.77. The van der Waals surface area contributed by atoms with E-state index in [1.54, 1.807) is 6.08 Å². The lowest BCUT2D eigenvalue weighted by atomic mass is 10.2. The molecule has 0 atom stereocenters. The Morgan fingerprint density at radius 1 is 1.36 bits per heavy atom. The minimum absolute atomic E-state index is 0.144. The molecule has 1 amide bonds. The number of hydrogen-bond acceptors (Lipinski definition) is 1. The second-order valence-electron chi connectivity index (χ2n) is 2.60. The molecule has 54 valence electrons. The van der Waals surface area contributed by atoms with Gasteiger partial charge in [0.15, 0.2) is 0 Å². The number of nitrogens with zero attached hydrogens (tertiary/aromatic N) is 1. The second-order valence-corrected chi connectivity index (χ2v) is 2.60. The Morgan fingerprint density at radius 2 is 2.18 bits per heavy atom. The molecule has 0 saturated heterocycles. The summed E-state index contributed by atoms with van der Waals surface area (Å²) in [6.07, 6.45) is 1.57. The van der Waals surface area contributed by atoms with E-state index in [4.69, 9.17) is 0 Å². The van der Waals surface area contributed by atoms with Crippen LogP contribution in [0, 0.1) is 6.92 Å². The van der Waals surface area contributed by atoms with E-state index in [1.807, 2.05) is 25.1 Å². The van der Waals surface area contributed by atoms with Gasteiger partial charge in [0.25, 0.3) is 5.91 Å². The molecule has 0 radical (unpaired) electrons. The molecule has 2 nitrogen and oxygen atoms in total. The lowest BCUT2D eigenvalue weighted by Gasteiger charge is -1.87. The van der Waals surface area contributed by atoms with Gasteiger partial charge in [0.1, 0.15) is 0 Å². The summed E-state index contributed by atoms with van der Waals surface area (Å²) in [5.41, 5.74) is 1.11. The van der Waals surface area contributed by atoms with Crippen molar-refractivity contribution in [2.24, 2.45) is 4.99 Å². The number of aryl methyl sites for hydroxylation is 1. The van der Waals surface area contributed by atoms with Crippen LogP contribution < -0.4 is 10.6 Å². The van der Waals surface area contributed by atoms with Crippen LogP contribution >= 0.6 is 0 Å². The molecule has 1 aromatic rings. The van der Waals surface area contributed by atoms with Crippen molar-refractivity contribution in [3.63, 3.8) is 0 Å². The molecule has 0 N–H and O–H groups in total. The van der Waals surface area contributed by atoms with E-state index in [9.17, 15) is 4.79 Å². The highest BCUT2D eigenvalue weighted by Gasteiger charge is 2.02. The van der Waals surface area contributed by atoms with Crippen LogP contribution in [0.3, 0.4) is 0 Å². The summed E-state index contributed by atoms with van der Waals surface area (Å²) < 4.78 is 0. The fourth-order valence-electron chi connectivity index (χ4n) is 1.22. The quantitative estimate of drug-likeness (QED) is 0.502.